The molecule has 0 spiro atoms. The third kappa shape index (κ3) is 3.22. The average Bonchev–Trinajstić information content (AvgIpc) is 2.66. The van der Waals surface area contributed by atoms with Gasteiger partial charge < -0.3 is 0 Å². The van der Waals surface area contributed by atoms with Crippen LogP contribution >= 0.6 is 0 Å². The number of carbonyl (C=O) groups is 2. The van der Waals surface area contributed by atoms with E-state index in [0.717, 1.165) is 12.1 Å². The van der Waals surface area contributed by atoms with Crippen LogP contribution in [0, 0.1) is 0 Å². The largest absolute Gasteiger partial charge is 0.417 e. The van der Waals surface area contributed by atoms with Crippen LogP contribution in [0.5, 0.6) is 0 Å². The molecule has 2 amide bonds. The fourth-order valence-electron chi connectivity index (χ4n) is 1.73. The van der Waals surface area contributed by atoms with E-state index < -0.39 is 51.1 Å². The summed E-state index contributed by atoms with van der Waals surface area (Å²) in [6.45, 7) is 0. The molecule has 10 heteroatoms. The van der Waals surface area contributed by atoms with Crippen LogP contribution in [-0.2, 0) is 30.1 Å². The van der Waals surface area contributed by atoms with Crippen molar-refractivity contribution in [2.24, 2.45) is 0 Å². The van der Waals surface area contributed by atoms with Gasteiger partial charge in [-0.2, -0.15) is 21.6 Å². The lowest BCUT2D eigenvalue weighted by atomic mass is 10.2. The lowest BCUT2D eigenvalue weighted by Crippen LogP contribution is -2.29. The van der Waals surface area contributed by atoms with Gasteiger partial charge in [0.05, 0.1) is 12.0 Å². The molecule has 1 aromatic carbocycles. The summed E-state index contributed by atoms with van der Waals surface area (Å²) in [4.78, 5) is 21.1. The summed E-state index contributed by atoms with van der Waals surface area (Å²) >= 11 is 0. The minimum Gasteiger partial charge on any atom is -0.294 e. The van der Waals surface area contributed by atoms with Gasteiger partial charge in [-0.3, -0.25) is 19.1 Å². The molecule has 1 unspecified atom stereocenters. The summed E-state index contributed by atoms with van der Waals surface area (Å²) in [5, 5.41) is 1.80. The van der Waals surface area contributed by atoms with Crippen LogP contribution in [0.25, 0.3) is 0 Å². The predicted octanol–water partition coefficient (Wildman–Crippen LogP) is 0.826. The Labute approximate surface area is 117 Å². The normalized spacial score (nSPS) is 19.7. The number of hydrogen-bond donors (Lipinski definition) is 1. The highest BCUT2D eigenvalue weighted by Gasteiger charge is 2.40. The quantitative estimate of drug-likeness (QED) is 0.657. The third-order valence-electron chi connectivity index (χ3n) is 2.63. The molecule has 1 fully saturated rings. The van der Waals surface area contributed by atoms with Crippen molar-refractivity contribution < 1.29 is 35.4 Å². The zero-order chi connectivity index (χ0) is 15.8. The molecule has 6 nitrogen and oxygen atoms in total. The second kappa shape index (κ2) is 5.11. The van der Waals surface area contributed by atoms with Crippen LogP contribution in [0.2, 0.25) is 0 Å². The third-order valence-corrected chi connectivity index (χ3v) is 4.01. The van der Waals surface area contributed by atoms with Crippen LogP contribution in [0.4, 0.5) is 13.2 Å². The van der Waals surface area contributed by atoms with Crippen molar-refractivity contribution in [3.05, 3.63) is 29.8 Å². The number of benzene rings is 1. The molecule has 1 heterocycles. The van der Waals surface area contributed by atoms with Gasteiger partial charge in [0.15, 0.2) is 6.10 Å². The first-order valence-electron chi connectivity index (χ1n) is 5.54. The fraction of sp³-hybridized carbons (Fsp3) is 0.273. The van der Waals surface area contributed by atoms with Gasteiger partial charge in [-0.25, -0.2) is 0 Å². The van der Waals surface area contributed by atoms with Crippen LogP contribution in [0.1, 0.15) is 12.0 Å². The molecule has 21 heavy (non-hydrogen) atoms. The molecule has 0 saturated carbocycles. The second-order valence-corrected chi connectivity index (χ2v) is 5.69. The van der Waals surface area contributed by atoms with Gasteiger partial charge in [-0.15, -0.1) is 0 Å². The Morgan fingerprint density at radius 2 is 1.81 bits per heavy atom. The number of rotatable bonds is 3. The predicted molar refractivity (Wildman–Crippen MR) is 61.3 cm³/mol. The fourth-order valence-corrected chi connectivity index (χ4v) is 2.99. The molecule has 1 N–H and O–H groups in total. The number of alkyl halides is 3. The molecule has 1 aliphatic rings. The maximum Gasteiger partial charge on any atom is 0.417 e. The number of carbonyl (C=O) groups excluding carboxylic acids is 2. The average molecular weight is 323 g/mol. The maximum atomic E-state index is 12.8. The van der Waals surface area contributed by atoms with Gasteiger partial charge in [0.25, 0.3) is 16.0 Å². The minimum atomic E-state index is -4.90. The number of nitrogens with one attached hydrogen (secondary N) is 1. The van der Waals surface area contributed by atoms with Gasteiger partial charge in [0, 0.05) is 0 Å². The highest BCUT2D eigenvalue weighted by atomic mass is 32.2. The van der Waals surface area contributed by atoms with Crippen molar-refractivity contribution in [1.82, 2.24) is 5.32 Å². The smallest absolute Gasteiger partial charge is 0.294 e. The van der Waals surface area contributed by atoms with E-state index in [-0.39, 0.29) is 0 Å². The van der Waals surface area contributed by atoms with Gasteiger partial charge >= 0.3 is 6.18 Å². The van der Waals surface area contributed by atoms with E-state index in [1.54, 1.807) is 5.32 Å². The zero-order valence-electron chi connectivity index (χ0n) is 10.2. The zero-order valence-corrected chi connectivity index (χ0v) is 11.0. The summed E-state index contributed by atoms with van der Waals surface area (Å²) in [5.41, 5.74) is -1.41. The molecule has 0 aliphatic carbocycles. The van der Waals surface area contributed by atoms with Crippen LogP contribution < -0.4 is 5.32 Å². The summed E-state index contributed by atoms with van der Waals surface area (Å²) in [5.74, 6) is -1.77. The van der Waals surface area contributed by atoms with Crippen molar-refractivity contribution in [3.63, 3.8) is 0 Å². The summed E-state index contributed by atoms with van der Waals surface area (Å²) in [7, 11) is -4.85. The first kappa shape index (κ1) is 15.4. The van der Waals surface area contributed by atoms with E-state index >= 15 is 0 Å². The molecule has 1 aliphatic heterocycles. The first-order valence-corrected chi connectivity index (χ1v) is 6.95. The molecule has 0 radical (unpaired) electrons. The van der Waals surface area contributed by atoms with E-state index in [1.165, 1.54) is 0 Å². The summed E-state index contributed by atoms with van der Waals surface area (Å²) in [6, 6.07) is 3.40. The molecule has 0 aromatic heterocycles. The molecule has 114 valence electrons. The molecule has 0 bridgehead atoms. The topological polar surface area (TPSA) is 89.5 Å². The van der Waals surface area contributed by atoms with Crippen LogP contribution in [-0.4, -0.2) is 26.3 Å². The summed E-state index contributed by atoms with van der Waals surface area (Å²) in [6.07, 6.45) is -7.13. The lowest BCUT2D eigenvalue weighted by Gasteiger charge is -2.14. The van der Waals surface area contributed by atoms with Crippen molar-refractivity contribution >= 4 is 21.9 Å². The van der Waals surface area contributed by atoms with Crippen LogP contribution in [0.15, 0.2) is 29.2 Å². The molecular weight excluding hydrogens is 315 g/mol. The van der Waals surface area contributed by atoms with Gasteiger partial charge in [0.2, 0.25) is 5.91 Å². The van der Waals surface area contributed by atoms with E-state index in [9.17, 15) is 31.2 Å². The van der Waals surface area contributed by atoms with E-state index in [2.05, 4.69) is 4.18 Å². The van der Waals surface area contributed by atoms with Crippen molar-refractivity contribution in [1.29, 1.82) is 0 Å². The number of halogens is 3. The Kier molecular flexibility index (Phi) is 3.76. The van der Waals surface area contributed by atoms with Crippen molar-refractivity contribution in [2.75, 3.05) is 0 Å². The maximum absolute atomic E-state index is 12.8. The summed E-state index contributed by atoms with van der Waals surface area (Å²) < 4.78 is 66.6. The molecule has 1 aromatic rings. The van der Waals surface area contributed by atoms with Gasteiger partial charge in [-0.05, 0) is 12.1 Å². The Morgan fingerprint density at radius 3 is 2.33 bits per heavy atom. The standard InChI is InChI=1S/C11H8F3NO5S/c12-11(13,14)6-3-1-2-4-8(6)21(18,19)20-7-5-9(16)15-10(7)17/h1-4,7H,5H2,(H,15,16,17). The highest BCUT2D eigenvalue weighted by Crippen LogP contribution is 2.35. The van der Waals surface area contributed by atoms with Gasteiger partial charge in [-0.1, -0.05) is 12.1 Å². The minimum absolute atomic E-state index is 0.563. The van der Waals surface area contributed by atoms with Crippen LogP contribution in [0.3, 0.4) is 0 Å². The Balaban J connectivity index is 2.37. The van der Waals surface area contributed by atoms with E-state index in [4.69, 9.17) is 0 Å². The first-order chi connectivity index (χ1) is 9.61. The molecule has 1 saturated heterocycles. The van der Waals surface area contributed by atoms with Crippen molar-refractivity contribution in [3.8, 4) is 0 Å². The Bertz CT molecular complexity index is 698. The Morgan fingerprint density at radius 1 is 1.19 bits per heavy atom. The molecular formula is C11H8F3NO5S. The SMILES string of the molecule is O=C1CC(OS(=O)(=O)c2ccccc2C(F)(F)F)C(=O)N1. The monoisotopic (exact) mass is 323 g/mol. The highest BCUT2D eigenvalue weighted by molar-refractivity contribution is 7.86. The Hall–Kier alpha value is -1.94. The van der Waals surface area contributed by atoms with E-state index in [0.29, 0.717) is 12.1 Å². The number of amides is 2. The molecule has 2 rings (SSSR count). The lowest BCUT2D eigenvalue weighted by molar-refractivity contribution is -0.140. The molecule has 1 atom stereocenters. The van der Waals surface area contributed by atoms with Gasteiger partial charge in [0.1, 0.15) is 4.90 Å². The van der Waals surface area contributed by atoms with E-state index in [1.807, 2.05) is 0 Å². The number of hydrogen-bond acceptors (Lipinski definition) is 5. The second-order valence-electron chi connectivity index (χ2n) is 4.15. The number of imide groups is 1. The van der Waals surface area contributed by atoms with Crippen molar-refractivity contribution in [2.45, 2.75) is 23.6 Å².